The number of nitrogens with zero attached hydrogens (tertiary/aromatic N) is 1. The van der Waals surface area contributed by atoms with Crippen molar-refractivity contribution in [3.63, 3.8) is 0 Å². The molecule has 0 aromatic rings. The van der Waals surface area contributed by atoms with Crippen molar-refractivity contribution in [1.82, 2.24) is 4.90 Å². The highest BCUT2D eigenvalue weighted by molar-refractivity contribution is 4.88. The van der Waals surface area contributed by atoms with Crippen molar-refractivity contribution in [2.24, 2.45) is 11.1 Å². The molecule has 0 aromatic heterocycles. The van der Waals surface area contributed by atoms with Crippen molar-refractivity contribution >= 4 is 0 Å². The van der Waals surface area contributed by atoms with Gasteiger partial charge in [-0.1, -0.05) is 0 Å². The molecule has 1 aliphatic heterocycles. The van der Waals surface area contributed by atoms with Crippen LogP contribution in [0.15, 0.2) is 0 Å². The summed E-state index contributed by atoms with van der Waals surface area (Å²) >= 11 is 0. The molecule has 0 bridgehead atoms. The van der Waals surface area contributed by atoms with Crippen molar-refractivity contribution in [2.75, 3.05) is 33.4 Å². The average molecular weight is 146 g/mol. The van der Waals surface area contributed by atoms with Crippen molar-refractivity contribution in [3.05, 3.63) is 0 Å². The summed E-state index contributed by atoms with van der Waals surface area (Å²) in [4.78, 5) is 2.13. The molecule has 1 unspecified atom stereocenters. The minimum absolute atomic E-state index is 0.214. The molecule has 2 nitrogen and oxygen atoms in total. The van der Waals surface area contributed by atoms with Crippen LogP contribution in [0.25, 0.3) is 0 Å². The Labute approximate surface area is 61.2 Å². The first kappa shape index (κ1) is 7.95. The highest BCUT2D eigenvalue weighted by atomic mass is 19.1. The molecule has 2 N–H and O–H groups in total. The van der Waals surface area contributed by atoms with E-state index in [-0.39, 0.29) is 12.1 Å². The number of nitrogens with two attached hydrogens (primary N) is 1. The summed E-state index contributed by atoms with van der Waals surface area (Å²) in [6.45, 7) is 2.02. The zero-order chi connectivity index (χ0) is 7.61. The van der Waals surface area contributed by atoms with Crippen LogP contribution < -0.4 is 5.73 Å². The van der Waals surface area contributed by atoms with Crippen molar-refractivity contribution in [1.29, 1.82) is 0 Å². The average Bonchev–Trinajstić information content (AvgIpc) is 2.33. The molecule has 0 radical (unpaired) electrons. The molecule has 1 aliphatic rings. The summed E-state index contributed by atoms with van der Waals surface area (Å²) in [5.41, 5.74) is 5.26. The number of rotatable bonds is 2. The molecule has 0 spiro atoms. The minimum atomic E-state index is -0.270. The lowest BCUT2D eigenvalue weighted by Gasteiger charge is -2.22. The first-order valence-electron chi connectivity index (χ1n) is 3.67. The van der Waals surface area contributed by atoms with Gasteiger partial charge in [-0.2, -0.15) is 0 Å². The van der Waals surface area contributed by atoms with E-state index in [2.05, 4.69) is 4.90 Å². The Morgan fingerprint density at radius 1 is 1.70 bits per heavy atom. The van der Waals surface area contributed by atoms with Crippen LogP contribution in [0.3, 0.4) is 0 Å². The van der Waals surface area contributed by atoms with Gasteiger partial charge in [0, 0.05) is 18.5 Å². The molecule has 0 aromatic carbocycles. The zero-order valence-corrected chi connectivity index (χ0v) is 6.44. The summed E-state index contributed by atoms with van der Waals surface area (Å²) in [6, 6.07) is 0. The second-order valence-corrected chi connectivity index (χ2v) is 3.33. The Morgan fingerprint density at radius 2 is 2.40 bits per heavy atom. The maximum atomic E-state index is 12.4. The van der Waals surface area contributed by atoms with Gasteiger partial charge in [-0.25, -0.2) is 0 Å². The van der Waals surface area contributed by atoms with Crippen LogP contribution in [0, 0.1) is 5.41 Å². The summed E-state index contributed by atoms with van der Waals surface area (Å²) in [5.74, 6) is 0. The highest BCUT2D eigenvalue weighted by Crippen LogP contribution is 2.28. The van der Waals surface area contributed by atoms with Gasteiger partial charge >= 0.3 is 0 Å². The first-order chi connectivity index (χ1) is 4.72. The Morgan fingerprint density at radius 3 is 2.60 bits per heavy atom. The summed E-state index contributed by atoms with van der Waals surface area (Å²) in [7, 11) is 2.01. The van der Waals surface area contributed by atoms with Crippen molar-refractivity contribution < 1.29 is 4.39 Å². The van der Waals surface area contributed by atoms with Crippen LogP contribution in [0.5, 0.6) is 0 Å². The van der Waals surface area contributed by atoms with Crippen LogP contribution in [-0.4, -0.2) is 38.3 Å². The maximum absolute atomic E-state index is 12.4. The molecule has 1 rings (SSSR count). The van der Waals surface area contributed by atoms with Gasteiger partial charge in [-0.15, -0.1) is 0 Å². The number of likely N-dealkylation sites (tertiary alicyclic amines) is 1. The normalized spacial score (nSPS) is 35.1. The van der Waals surface area contributed by atoms with E-state index in [0.717, 1.165) is 19.5 Å². The van der Waals surface area contributed by atoms with Crippen molar-refractivity contribution in [2.45, 2.75) is 6.42 Å². The predicted molar refractivity (Wildman–Crippen MR) is 39.6 cm³/mol. The fourth-order valence-corrected chi connectivity index (χ4v) is 1.49. The molecule has 3 heteroatoms. The Bertz CT molecular complexity index is 112. The third-order valence-electron chi connectivity index (χ3n) is 2.35. The second-order valence-electron chi connectivity index (χ2n) is 3.33. The van der Waals surface area contributed by atoms with E-state index in [4.69, 9.17) is 5.73 Å². The van der Waals surface area contributed by atoms with Crippen LogP contribution in [0.2, 0.25) is 0 Å². The van der Waals surface area contributed by atoms with E-state index >= 15 is 0 Å². The van der Waals surface area contributed by atoms with Gasteiger partial charge < -0.3 is 10.6 Å². The third-order valence-corrected chi connectivity index (χ3v) is 2.35. The maximum Gasteiger partial charge on any atom is 0.0975 e. The first-order valence-corrected chi connectivity index (χ1v) is 3.67. The molecule has 1 fully saturated rings. The quantitative estimate of drug-likeness (QED) is 0.604. The van der Waals surface area contributed by atoms with Gasteiger partial charge in [-0.3, -0.25) is 4.39 Å². The fraction of sp³-hybridized carbons (Fsp3) is 1.00. The SMILES string of the molecule is CN1CCC(CN)(CF)C1. The molecule has 1 saturated heterocycles. The topological polar surface area (TPSA) is 29.3 Å². The second kappa shape index (κ2) is 2.84. The Hall–Kier alpha value is -0.150. The third kappa shape index (κ3) is 1.30. The standard InChI is InChI=1S/C7H15FN2/c1-10-3-2-7(4-8,5-9)6-10/h2-6,9H2,1H3. The molecular weight excluding hydrogens is 131 g/mol. The van der Waals surface area contributed by atoms with Gasteiger partial charge in [0.2, 0.25) is 0 Å². The smallest absolute Gasteiger partial charge is 0.0975 e. The van der Waals surface area contributed by atoms with E-state index in [1.54, 1.807) is 0 Å². The lowest BCUT2D eigenvalue weighted by molar-refractivity contribution is 0.218. The molecule has 0 amide bonds. The van der Waals surface area contributed by atoms with Crippen LogP contribution >= 0.6 is 0 Å². The van der Waals surface area contributed by atoms with Crippen molar-refractivity contribution in [3.8, 4) is 0 Å². The molecule has 0 saturated carbocycles. The summed E-state index contributed by atoms with van der Waals surface area (Å²) in [5, 5.41) is 0. The molecular formula is C7H15FN2. The Kier molecular flexibility index (Phi) is 2.26. The highest BCUT2D eigenvalue weighted by Gasteiger charge is 2.35. The number of hydrogen-bond acceptors (Lipinski definition) is 2. The van der Waals surface area contributed by atoms with Gasteiger partial charge in [0.25, 0.3) is 0 Å². The van der Waals surface area contributed by atoms with E-state index in [9.17, 15) is 4.39 Å². The van der Waals surface area contributed by atoms with Gasteiger partial charge in [0.1, 0.15) is 0 Å². The molecule has 1 atom stereocenters. The van der Waals surface area contributed by atoms with Gasteiger partial charge in [-0.05, 0) is 20.0 Å². The molecule has 10 heavy (non-hydrogen) atoms. The summed E-state index contributed by atoms with van der Waals surface area (Å²) < 4.78 is 12.4. The van der Waals surface area contributed by atoms with Gasteiger partial charge in [0.15, 0.2) is 0 Å². The number of hydrogen-bond donors (Lipinski definition) is 1. The van der Waals surface area contributed by atoms with E-state index < -0.39 is 0 Å². The zero-order valence-electron chi connectivity index (χ0n) is 6.44. The minimum Gasteiger partial charge on any atom is -0.330 e. The summed E-state index contributed by atoms with van der Waals surface area (Å²) in [6.07, 6.45) is 0.913. The fourth-order valence-electron chi connectivity index (χ4n) is 1.49. The largest absolute Gasteiger partial charge is 0.330 e. The van der Waals surface area contributed by atoms with Gasteiger partial charge in [0.05, 0.1) is 6.67 Å². The van der Waals surface area contributed by atoms with E-state index in [1.807, 2.05) is 7.05 Å². The predicted octanol–water partition coefficient (Wildman–Crippen LogP) is 0.236. The van der Waals surface area contributed by atoms with Crippen LogP contribution in [-0.2, 0) is 0 Å². The van der Waals surface area contributed by atoms with E-state index in [0.29, 0.717) is 6.54 Å². The number of halogens is 1. The lowest BCUT2D eigenvalue weighted by Crippen LogP contribution is -2.35. The Balaban J connectivity index is 2.51. The molecule has 0 aliphatic carbocycles. The van der Waals surface area contributed by atoms with E-state index in [1.165, 1.54) is 0 Å². The lowest BCUT2D eigenvalue weighted by atomic mass is 9.89. The van der Waals surface area contributed by atoms with Crippen LogP contribution in [0.4, 0.5) is 4.39 Å². The molecule has 1 heterocycles. The monoisotopic (exact) mass is 146 g/mol. The molecule has 60 valence electrons. The van der Waals surface area contributed by atoms with Crippen LogP contribution in [0.1, 0.15) is 6.42 Å². The number of alkyl halides is 1.